The molecule has 3 fully saturated rings. The van der Waals surface area contributed by atoms with Crippen molar-refractivity contribution in [3.8, 4) is 0 Å². The van der Waals surface area contributed by atoms with E-state index in [9.17, 15) is 61.0 Å². The molecule has 19 nitrogen and oxygen atoms in total. The van der Waals surface area contributed by atoms with Crippen molar-refractivity contribution in [2.75, 3.05) is 26.4 Å². The van der Waals surface area contributed by atoms with Crippen LogP contribution >= 0.6 is 0 Å². The van der Waals surface area contributed by atoms with E-state index in [2.05, 4.69) is 43.5 Å². The molecule has 19 heteroatoms. The summed E-state index contributed by atoms with van der Waals surface area (Å²) in [5.74, 6) is -0.255. The molecule has 0 spiro atoms. The number of hydrogen-bond acceptors (Lipinski definition) is 18. The average Bonchev–Trinajstić information content (AvgIpc) is 3.40. The minimum atomic E-state index is -1.97. The molecule has 12 N–H and O–H groups in total. The number of rotatable bonds is 49. The van der Waals surface area contributed by atoms with Gasteiger partial charge >= 0.3 is 0 Å². The van der Waals surface area contributed by atoms with Crippen molar-refractivity contribution in [3.05, 3.63) is 24.3 Å². The van der Waals surface area contributed by atoms with Crippen LogP contribution in [0.4, 0.5) is 0 Å². The number of aliphatic hydroxyl groups excluding tert-OH is 11. The molecule has 17 unspecified atom stereocenters. The average molecular weight is 1180 g/mol. The second-order valence-electron chi connectivity index (χ2n) is 23.6. The van der Waals surface area contributed by atoms with Crippen molar-refractivity contribution < 1.29 is 89.4 Å². The van der Waals surface area contributed by atoms with E-state index in [0.29, 0.717) is 12.8 Å². The highest BCUT2D eigenvalue weighted by molar-refractivity contribution is 5.76. The van der Waals surface area contributed by atoms with Crippen LogP contribution < -0.4 is 5.32 Å². The van der Waals surface area contributed by atoms with E-state index in [1.807, 2.05) is 0 Å². The number of nitrogens with one attached hydrogen (secondary N) is 1. The summed E-state index contributed by atoms with van der Waals surface area (Å²) < 4.78 is 34.4. The van der Waals surface area contributed by atoms with E-state index in [1.165, 1.54) is 135 Å². The fourth-order valence-corrected chi connectivity index (χ4v) is 11.2. The van der Waals surface area contributed by atoms with Gasteiger partial charge in [0.1, 0.15) is 73.2 Å². The zero-order valence-corrected chi connectivity index (χ0v) is 50.5. The number of amides is 1. The molecule has 0 radical (unpaired) electrons. The van der Waals surface area contributed by atoms with Crippen molar-refractivity contribution in [1.29, 1.82) is 0 Å². The van der Waals surface area contributed by atoms with E-state index in [-0.39, 0.29) is 18.9 Å². The molecule has 0 aromatic carbocycles. The van der Waals surface area contributed by atoms with E-state index in [0.717, 1.165) is 70.6 Å². The molecule has 3 rings (SSSR count). The summed E-state index contributed by atoms with van der Waals surface area (Å²) in [6.45, 7) is 1.77. The topological polar surface area (TPSA) is 307 Å². The van der Waals surface area contributed by atoms with Gasteiger partial charge in [-0.3, -0.25) is 4.79 Å². The normalized spacial score (nSPS) is 29.7. The molecule has 0 bridgehead atoms. The molecule has 0 aromatic heterocycles. The SMILES string of the molecule is CCCCC/C=C\C/C=C\CCCCCCCC(=O)NC(COC1OC(CO)C(OC2OC(CO)C(OC3OC(CO)C(O)C(O)C3O)C(O)C2O)C(O)C1O)C(O)CCCCCCCCCCCCCCCCCCCCCCCC. The number of unbranched alkanes of at least 4 members (excludes halogenated alkanes) is 29. The summed E-state index contributed by atoms with van der Waals surface area (Å²) in [5, 5.41) is 120. The predicted molar refractivity (Wildman–Crippen MR) is 314 cm³/mol. The molecule has 82 heavy (non-hydrogen) atoms. The summed E-state index contributed by atoms with van der Waals surface area (Å²) in [6, 6.07) is -0.893. The van der Waals surface area contributed by atoms with Crippen LogP contribution in [0.3, 0.4) is 0 Å². The summed E-state index contributed by atoms with van der Waals surface area (Å²) in [5.41, 5.74) is 0. The molecule has 0 aliphatic carbocycles. The van der Waals surface area contributed by atoms with Gasteiger partial charge in [0.2, 0.25) is 5.91 Å². The van der Waals surface area contributed by atoms with Crippen LogP contribution in [-0.4, -0.2) is 193 Å². The number of aliphatic hydroxyl groups is 11. The summed E-state index contributed by atoms with van der Waals surface area (Å²) in [6.07, 6.45) is 22.6. The van der Waals surface area contributed by atoms with Crippen LogP contribution in [-0.2, 0) is 33.2 Å². The highest BCUT2D eigenvalue weighted by atomic mass is 16.8. The van der Waals surface area contributed by atoms with Crippen LogP contribution in [0, 0.1) is 0 Å². The Morgan fingerprint density at radius 1 is 0.439 bits per heavy atom. The van der Waals surface area contributed by atoms with Crippen molar-refractivity contribution in [2.45, 2.75) is 343 Å². The van der Waals surface area contributed by atoms with Gasteiger partial charge in [-0.1, -0.05) is 212 Å². The third-order valence-corrected chi connectivity index (χ3v) is 16.5. The first kappa shape index (κ1) is 74.5. The maximum atomic E-state index is 13.4. The molecular formula is C63H117NO18. The fourth-order valence-electron chi connectivity index (χ4n) is 11.2. The molecule has 482 valence electrons. The lowest BCUT2D eigenvalue weighted by Crippen LogP contribution is -2.66. The zero-order valence-electron chi connectivity index (χ0n) is 50.5. The van der Waals surface area contributed by atoms with Gasteiger partial charge in [-0.15, -0.1) is 0 Å². The predicted octanol–water partition coefficient (Wildman–Crippen LogP) is 7.10. The van der Waals surface area contributed by atoms with Gasteiger partial charge in [0.15, 0.2) is 18.9 Å². The molecule has 0 aromatic rings. The Balaban J connectivity index is 1.46. The Bertz CT molecular complexity index is 1590. The summed E-state index contributed by atoms with van der Waals surface area (Å²) in [7, 11) is 0. The van der Waals surface area contributed by atoms with Gasteiger partial charge in [0.05, 0.1) is 38.6 Å². The minimum Gasteiger partial charge on any atom is -0.394 e. The van der Waals surface area contributed by atoms with E-state index < -0.39 is 124 Å². The quantitative estimate of drug-likeness (QED) is 0.0213. The van der Waals surface area contributed by atoms with Gasteiger partial charge in [-0.2, -0.15) is 0 Å². The Morgan fingerprint density at radius 2 is 0.805 bits per heavy atom. The minimum absolute atomic E-state index is 0.252. The number of carbonyl (C=O) groups is 1. The maximum absolute atomic E-state index is 13.4. The number of ether oxygens (including phenoxy) is 6. The van der Waals surface area contributed by atoms with Crippen LogP contribution in [0.15, 0.2) is 24.3 Å². The first-order valence-corrected chi connectivity index (χ1v) is 32.6. The summed E-state index contributed by atoms with van der Waals surface area (Å²) in [4.78, 5) is 13.4. The Kier molecular flexibility index (Phi) is 42.2. The van der Waals surface area contributed by atoms with Gasteiger partial charge < -0.3 is 89.9 Å². The Hall–Kier alpha value is -1.73. The van der Waals surface area contributed by atoms with Crippen molar-refractivity contribution in [1.82, 2.24) is 5.32 Å². The van der Waals surface area contributed by atoms with Crippen LogP contribution in [0.5, 0.6) is 0 Å². The molecule has 3 saturated heterocycles. The smallest absolute Gasteiger partial charge is 0.220 e. The lowest BCUT2D eigenvalue weighted by atomic mass is 9.96. The molecule has 3 heterocycles. The number of allylic oxidation sites excluding steroid dienone is 4. The van der Waals surface area contributed by atoms with E-state index in [1.54, 1.807) is 0 Å². The molecule has 0 saturated carbocycles. The van der Waals surface area contributed by atoms with E-state index in [4.69, 9.17) is 28.4 Å². The van der Waals surface area contributed by atoms with Gasteiger partial charge in [-0.05, 0) is 44.9 Å². The number of carbonyl (C=O) groups excluding carboxylic acids is 1. The highest BCUT2D eigenvalue weighted by Gasteiger charge is 2.53. The van der Waals surface area contributed by atoms with Gasteiger partial charge in [-0.25, -0.2) is 0 Å². The first-order valence-electron chi connectivity index (χ1n) is 32.6. The molecule has 3 aliphatic heterocycles. The zero-order chi connectivity index (χ0) is 59.7. The van der Waals surface area contributed by atoms with Crippen LogP contribution in [0.2, 0.25) is 0 Å². The number of hydrogen-bond donors (Lipinski definition) is 12. The lowest BCUT2D eigenvalue weighted by molar-refractivity contribution is -0.379. The monoisotopic (exact) mass is 1180 g/mol. The van der Waals surface area contributed by atoms with Crippen molar-refractivity contribution in [3.63, 3.8) is 0 Å². The standard InChI is InChI=1S/C63H117NO18/c1-3-5-7-9-11-13-15-17-19-20-21-22-23-24-25-27-28-30-32-34-36-38-40-47(68)46(64-51(69)41-39-37-35-33-31-29-26-18-16-14-12-10-8-6-4-2)45-77-61-57(75)54(72)59(49(43-66)79-61)82-63-58(76)55(73)60(50(44-67)80-63)81-62-56(74)53(71)52(70)48(42-65)78-62/h12,14,18,26,46-50,52-63,65-68,70-76H,3-11,13,15-17,19-25,27-45H2,1-2H3,(H,64,69)/b14-12-,26-18-. The lowest BCUT2D eigenvalue weighted by Gasteiger charge is -2.48. The Labute approximate surface area is 492 Å². The van der Waals surface area contributed by atoms with Crippen molar-refractivity contribution in [2.24, 2.45) is 0 Å². The van der Waals surface area contributed by atoms with Gasteiger partial charge in [0, 0.05) is 6.42 Å². The third-order valence-electron chi connectivity index (χ3n) is 16.5. The third kappa shape index (κ3) is 29.3. The maximum Gasteiger partial charge on any atom is 0.220 e. The molecule has 17 atom stereocenters. The van der Waals surface area contributed by atoms with Crippen LogP contribution in [0.25, 0.3) is 0 Å². The van der Waals surface area contributed by atoms with E-state index >= 15 is 0 Å². The fraction of sp³-hybridized carbons (Fsp3) is 0.921. The Morgan fingerprint density at radius 3 is 1.27 bits per heavy atom. The van der Waals surface area contributed by atoms with Crippen LogP contribution in [0.1, 0.15) is 239 Å². The molecular weight excluding hydrogens is 1060 g/mol. The second-order valence-corrected chi connectivity index (χ2v) is 23.6. The molecule has 3 aliphatic rings. The summed E-state index contributed by atoms with van der Waals surface area (Å²) >= 11 is 0. The first-order chi connectivity index (χ1) is 39.8. The largest absolute Gasteiger partial charge is 0.394 e. The highest BCUT2D eigenvalue weighted by Crippen LogP contribution is 2.33. The van der Waals surface area contributed by atoms with Crippen molar-refractivity contribution >= 4 is 5.91 Å². The van der Waals surface area contributed by atoms with Gasteiger partial charge in [0.25, 0.3) is 0 Å². The molecule has 1 amide bonds. The second kappa shape index (κ2) is 46.4.